The van der Waals surface area contributed by atoms with E-state index in [4.69, 9.17) is 4.74 Å². The fraction of sp³-hybridized carbons (Fsp3) is 0.435. The van der Waals surface area contributed by atoms with Gasteiger partial charge in [0.05, 0.1) is 13.0 Å². The Balaban J connectivity index is 1.21. The summed E-state index contributed by atoms with van der Waals surface area (Å²) in [4.78, 5) is 32.6. The smallest absolute Gasteiger partial charge is 0.227 e. The maximum absolute atomic E-state index is 13.3. The summed E-state index contributed by atoms with van der Waals surface area (Å²) in [7, 11) is 1.68. The van der Waals surface area contributed by atoms with Crippen LogP contribution >= 0.6 is 0 Å². The van der Waals surface area contributed by atoms with E-state index in [9.17, 15) is 4.79 Å². The quantitative estimate of drug-likeness (QED) is 0.582. The Kier molecular flexibility index (Phi) is 6.05. The zero-order valence-corrected chi connectivity index (χ0v) is 18.7. The number of piperazine rings is 1. The van der Waals surface area contributed by atoms with Crippen LogP contribution in [0, 0.1) is 5.92 Å². The number of rotatable bonds is 5. The predicted octanol–water partition coefficient (Wildman–Crippen LogP) is 1.63. The zero-order valence-electron chi connectivity index (χ0n) is 18.7. The average Bonchev–Trinajstić information content (AvgIpc) is 3.44. The summed E-state index contributed by atoms with van der Waals surface area (Å²) >= 11 is 0. The molecule has 0 bridgehead atoms. The van der Waals surface area contributed by atoms with Gasteiger partial charge in [0.15, 0.2) is 5.82 Å². The molecule has 0 N–H and O–H groups in total. The first kappa shape index (κ1) is 21.2. The fourth-order valence-corrected chi connectivity index (χ4v) is 4.60. The van der Waals surface area contributed by atoms with Gasteiger partial charge in [-0.2, -0.15) is 5.10 Å². The van der Waals surface area contributed by atoms with Gasteiger partial charge in [-0.05, 0) is 25.0 Å². The third-order valence-electron chi connectivity index (χ3n) is 6.40. The van der Waals surface area contributed by atoms with Crippen molar-refractivity contribution < 1.29 is 9.53 Å². The van der Waals surface area contributed by atoms with E-state index in [1.54, 1.807) is 18.1 Å². The van der Waals surface area contributed by atoms with E-state index in [0.29, 0.717) is 12.4 Å². The van der Waals surface area contributed by atoms with Crippen LogP contribution in [0.3, 0.4) is 0 Å². The van der Waals surface area contributed by atoms with E-state index in [1.807, 2.05) is 29.2 Å². The van der Waals surface area contributed by atoms with E-state index in [1.165, 1.54) is 12.7 Å². The van der Waals surface area contributed by atoms with E-state index < -0.39 is 0 Å². The number of anilines is 2. The monoisotopic (exact) mass is 448 g/mol. The first-order valence-electron chi connectivity index (χ1n) is 11.3. The molecular weight excluding hydrogens is 420 g/mol. The molecule has 10 heteroatoms. The van der Waals surface area contributed by atoms with Gasteiger partial charge in [0, 0.05) is 57.1 Å². The lowest BCUT2D eigenvalue weighted by atomic mass is 9.96. The average molecular weight is 449 g/mol. The number of aromatic nitrogens is 5. The molecule has 10 nitrogen and oxygen atoms in total. The Morgan fingerprint density at radius 1 is 1.00 bits per heavy atom. The summed E-state index contributed by atoms with van der Waals surface area (Å²) in [5.74, 6) is 2.56. The van der Waals surface area contributed by atoms with E-state index in [-0.39, 0.29) is 11.8 Å². The van der Waals surface area contributed by atoms with Crippen LogP contribution in [-0.2, 0) is 4.79 Å². The van der Waals surface area contributed by atoms with Crippen molar-refractivity contribution in [2.24, 2.45) is 5.92 Å². The minimum absolute atomic E-state index is 0.0214. The Morgan fingerprint density at radius 3 is 2.64 bits per heavy atom. The topological polar surface area (TPSA) is 92.5 Å². The molecule has 2 fully saturated rings. The molecule has 2 aromatic heterocycles. The van der Waals surface area contributed by atoms with Crippen LogP contribution in [0.2, 0.25) is 0 Å². The maximum Gasteiger partial charge on any atom is 0.227 e. The predicted molar refractivity (Wildman–Crippen MR) is 124 cm³/mol. The molecule has 0 saturated carbocycles. The number of ether oxygens (including phenoxy) is 1. The van der Waals surface area contributed by atoms with Crippen molar-refractivity contribution in [1.29, 1.82) is 0 Å². The molecule has 0 aliphatic carbocycles. The van der Waals surface area contributed by atoms with Crippen LogP contribution in [0.15, 0.2) is 49.3 Å². The molecule has 1 atom stereocenters. The normalized spacial score (nSPS) is 18.9. The Bertz CT molecular complexity index is 1080. The van der Waals surface area contributed by atoms with Gasteiger partial charge in [-0.15, -0.1) is 0 Å². The second kappa shape index (κ2) is 9.43. The lowest BCUT2D eigenvalue weighted by Gasteiger charge is -2.40. The molecule has 172 valence electrons. The van der Waals surface area contributed by atoms with Gasteiger partial charge in [0.1, 0.15) is 30.5 Å². The molecule has 1 unspecified atom stereocenters. The van der Waals surface area contributed by atoms with Gasteiger partial charge in [-0.3, -0.25) is 4.79 Å². The highest BCUT2D eigenvalue weighted by molar-refractivity contribution is 5.80. The highest BCUT2D eigenvalue weighted by atomic mass is 16.5. The molecule has 2 aliphatic heterocycles. The van der Waals surface area contributed by atoms with Crippen LogP contribution < -0.4 is 14.5 Å². The van der Waals surface area contributed by atoms with E-state index in [0.717, 1.165) is 62.8 Å². The second-order valence-electron chi connectivity index (χ2n) is 8.37. The van der Waals surface area contributed by atoms with Crippen molar-refractivity contribution in [3.05, 3.63) is 49.3 Å². The minimum Gasteiger partial charge on any atom is -0.497 e. The number of nitrogens with zero attached hydrogens (tertiary/aromatic N) is 8. The summed E-state index contributed by atoms with van der Waals surface area (Å²) in [6.07, 6.45) is 6.50. The maximum atomic E-state index is 13.3. The number of hydrogen-bond acceptors (Lipinski definition) is 8. The highest BCUT2D eigenvalue weighted by Gasteiger charge is 2.31. The van der Waals surface area contributed by atoms with E-state index in [2.05, 4.69) is 35.9 Å². The summed E-state index contributed by atoms with van der Waals surface area (Å²) in [6.45, 7) is 4.65. The lowest BCUT2D eigenvalue weighted by Crippen LogP contribution is -2.52. The summed E-state index contributed by atoms with van der Waals surface area (Å²) in [6, 6.07) is 9.99. The number of methoxy groups -OCH3 is 1. The van der Waals surface area contributed by atoms with Crippen molar-refractivity contribution in [2.45, 2.75) is 12.8 Å². The van der Waals surface area contributed by atoms with Crippen LogP contribution in [0.1, 0.15) is 12.8 Å². The number of piperidine rings is 1. The summed E-state index contributed by atoms with van der Waals surface area (Å²) in [5.41, 5.74) is 1.14. The summed E-state index contributed by atoms with van der Waals surface area (Å²) < 4.78 is 6.96. The van der Waals surface area contributed by atoms with Gasteiger partial charge < -0.3 is 19.4 Å². The van der Waals surface area contributed by atoms with Crippen LogP contribution in [0.25, 0.3) is 5.82 Å². The minimum atomic E-state index is -0.0214. The Morgan fingerprint density at radius 2 is 1.85 bits per heavy atom. The van der Waals surface area contributed by atoms with Crippen molar-refractivity contribution in [3.8, 4) is 11.6 Å². The first-order chi connectivity index (χ1) is 16.2. The Hall–Kier alpha value is -3.69. The zero-order chi connectivity index (χ0) is 22.6. The Labute approximate surface area is 192 Å². The van der Waals surface area contributed by atoms with Gasteiger partial charge in [-0.1, -0.05) is 6.07 Å². The number of hydrogen-bond donors (Lipinski definition) is 0. The standard InChI is InChI=1S/C23H28N8O2/c1-33-20-6-2-5-19(12-20)28-8-10-29(11-9-28)23(32)18-4-3-7-30(14-18)21-13-22(26-16-25-21)31-17-24-15-27-31/h2,5-6,12-13,15-18H,3-4,7-11,14H2,1H3. The van der Waals surface area contributed by atoms with Crippen molar-refractivity contribution in [2.75, 3.05) is 56.2 Å². The summed E-state index contributed by atoms with van der Waals surface area (Å²) in [5, 5.41) is 4.14. The largest absolute Gasteiger partial charge is 0.497 e. The van der Waals surface area contributed by atoms with Gasteiger partial charge in [-0.25, -0.2) is 19.6 Å². The third-order valence-corrected chi connectivity index (χ3v) is 6.40. The van der Waals surface area contributed by atoms with Crippen LogP contribution in [0.5, 0.6) is 5.75 Å². The molecule has 5 rings (SSSR count). The highest BCUT2D eigenvalue weighted by Crippen LogP contribution is 2.26. The van der Waals surface area contributed by atoms with Crippen molar-refractivity contribution >= 4 is 17.4 Å². The van der Waals surface area contributed by atoms with Crippen LogP contribution in [-0.4, -0.2) is 81.9 Å². The number of amides is 1. The second-order valence-corrected chi connectivity index (χ2v) is 8.37. The first-order valence-corrected chi connectivity index (χ1v) is 11.3. The third kappa shape index (κ3) is 4.59. The molecule has 1 aromatic carbocycles. The molecular formula is C23H28N8O2. The SMILES string of the molecule is COc1cccc(N2CCN(C(=O)C3CCCN(c4cc(-n5cncn5)ncn4)C3)CC2)c1. The molecule has 1 amide bonds. The van der Waals surface area contributed by atoms with Gasteiger partial charge in [0.25, 0.3) is 0 Å². The molecule has 33 heavy (non-hydrogen) atoms. The molecule has 2 saturated heterocycles. The van der Waals surface area contributed by atoms with Crippen molar-refractivity contribution in [1.82, 2.24) is 29.6 Å². The van der Waals surface area contributed by atoms with Gasteiger partial charge in [0.2, 0.25) is 5.91 Å². The molecule has 3 aromatic rings. The van der Waals surface area contributed by atoms with Crippen LogP contribution in [0.4, 0.5) is 11.5 Å². The molecule has 0 radical (unpaired) electrons. The number of benzene rings is 1. The lowest BCUT2D eigenvalue weighted by molar-refractivity contribution is -0.136. The number of carbonyl (C=O) groups is 1. The molecule has 0 spiro atoms. The number of carbonyl (C=O) groups excluding carboxylic acids is 1. The molecule has 4 heterocycles. The molecule has 2 aliphatic rings. The van der Waals surface area contributed by atoms with E-state index >= 15 is 0 Å². The van der Waals surface area contributed by atoms with Crippen molar-refractivity contribution in [3.63, 3.8) is 0 Å². The fourth-order valence-electron chi connectivity index (χ4n) is 4.60. The van der Waals surface area contributed by atoms with Gasteiger partial charge >= 0.3 is 0 Å².